The van der Waals surface area contributed by atoms with Crippen LogP contribution in [0, 0.1) is 5.82 Å². The lowest BCUT2D eigenvalue weighted by Crippen LogP contribution is -2.52. The number of rotatable bonds is 9. The first-order valence-electron chi connectivity index (χ1n) is 11.7. The summed E-state index contributed by atoms with van der Waals surface area (Å²) in [6, 6.07) is 7.59. The number of anilines is 2. The fraction of sp³-hybridized carbons (Fsp3) is 0.458. The number of nitrogens with zero attached hydrogens (tertiary/aromatic N) is 2. The van der Waals surface area contributed by atoms with Gasteiger partial charge in [0.25, 0.3) is 11.8 Å². The number of ether oxygens (including phenoxy) is 1. The molecule has 35 heavy (non-hydrogen) atoms. The molecule has 1 aromatic carbocycles. The van der Waals surface area contributed by atoms with Crippen LogP contribution in [0.15, 0.2) is 30.3 Å². The lowest BCUT2D eigenvalue weighted by molar-refractivity contribution is -0.125. The van der Waals surface area contributed by atoms with Crippen LogP contribution in [0.2, 0.25) is 4.34 Å². The minimum atomic E-state index is -0.630. The number of hydrogen-bond acceptors (Lipinski definition) is 6. The Balaban J connectivity index is 1.30. The molecule has 3 fully saturated rings. The molecule has 1 saturated heterocycles. The van der Waals surface area contributed by atoms with Crippen molar-refractivity contribution in [1.29, 1.82) is 0 Å². The van der Waals surface area contributed by atoms with E-state index in [2.05, 4.69) is 15.5 Å². The Morgan fingerprint density at radius 1 is 1.20 bits per heavy atom. The van der Waals surface area contributed by atoms with Crippen molar-refractivity contribution in [3.05, 3.63) is 45.4 Å². The van der Waals surface area contributed by atoms with Crippen molar-refractivity contribution in [2.24, 2.45) is 0 Å². The highest BCUT2D eigenvalue weighted by Crippen LogP contribution is 2.39. The molecule has 2 heterocycles. The minimum absolute atomic E-state index is 0.0346. The van der Waals surface area contributed by atoms with Crippen LogP contribution in [0.1, 0.15) is 35.4 Å². The van der Waals surface area contributed by atoms with Crippen molar-refractivity contribution in [2.45, 2.75) is 43.8 Å². The summed E-state index contributed by atoms with van der Waals surface area (Å²) in [5, 5.41) is 5.57. The summed E-state index contributed by atoms with van der Waals surface area (Å²) >= 11 is 7.12. The number of carbonyl (C=O) groups excluding carboxylic acids is 3. The maximum absolute atomic E-state index is 15.0. The molecule has 0 bridgehead atoms. The summed E-state index contributed by atoms with van der Waals surface area (Å²) in [7, 11) is 0. The Labute approximate surface area is 211 Å². The van der Waals surface area contributed by atoms with Gasteiger partial charge >= 0.3 is 0 Å². The van der Waals surface area contributed by atoms with Gasteiger partial charge in [-0.25, -0.2) is 4.39 Å². The number of halogens is 2. The summed E-state index contributed by atoms with van der Waals surface area (Å²) in [6.07, 6.45) is 4.02. The number of nitrogens with one attached hydrogen (secondary N) is 2. The number of thiophene rings is 1. The van der Waals surface area contributed by atoms with Gasteiger partial charge in [-0.05, 0) is 56.0 Å². The second-order valence-corrected chi connectivity index (χ2v) is 10.7. The van der Waals surface area contributed by atoms with Crippen molar-refractivity contribution in [3.63, 3.8) is 0 Å². The Bertz CT molecular complexity index is 1120. The van der Waals surface area contributed by atoms with Crippen LogP contribution in [0.4, 0.5) is 15.8 Å². The number of morpholine rings is 1. The molecule has 1 aromatic heterocycles. The molecule has 11 heteroatoms. The van der Waals surface area contributed by atoms with E-state index in [9.17, 15) is 18.8 Å². The Morgan fingerprint density at radius 3 is 2.54 bits per heavy atom. The molecule has 1 aliphatic heterocycles. The van der Waals surface area contributed by atoms with Crippen LogP contribution in [0.3, 0.4) is 0 Å². The molecular weight excluding hydrogens is 495 g/mol. The summed E-state index contributed by atoms with van der Waals surface area (Å²) in [5.74, 6) is -1.53. The molecule has 2 saturated carbocycles. The van der Waals surface area contributed by atoms with Gasteiger partial charge in [-0.2, -0.15) is 0 Å². The van der Waals surface area contributed by atoms with Gasteiger partial charge in [0.15, 0.2) is 0 Å². The number of hydrogen-bond donors (Lipinski definition) is 2. The first-order chi connectivity index (χ1) is 16.9. The monoisotopic (exact) mass is 520 g/mol. The van der Waals surface area contributed by atoms with E-state index < -0.39 is 11.9 Å². The van der Waals surface area contributed by atoms with Crippen LogP contribution >= 0.6 is 22.9 Å². The number of carbonyl (C=O) groups is 3. The van der Waals surface area contributed by atoms with E-state index in [4.69, 9.17) is 16.3 Å². The van der Waals surface area contributed by atoms with Gasteiger partial charge in [0.2, 0.25) is 5.91 Å². The number of benzene rings is 1. The first-order valence-corrected chi connectivity index (χ1v) is 12.9. The summed E-state index contributed by atoms with van der Waals surface area (Å²) in [4.78, 5) is 42.2. The SMILES string of the molecule is O=C(NC[C@H](C(=O)Nc1ccc(N2CCOCC2=O)cc1F)N(C1CC1)C1CC1)c1ccc(Cl)s1. The highest BCUT2D eigenvalue weighted by Gasteiger charge is 2.45. The van der Waals surface area contributed by atoms with E-state index in [1.165, 1.54) is 28.4 Å². The summed E-state index contributed by atoms with van der Waals surface area (Å²) < 4.78 is 20.6. The van der Waals surface area contributed by atoms with E-state index in [0.29, 0.717) is 40.1 Å². The van der Waals surface area contributed by atoms with Crippen molar-refractivity contribution in [2.75, 3.05) is 36.5 Å². The van der Waals surface area contributed by atoms with Crippen LogP contribution in [-0.4, -0.2) is 67.1 Å². The molecule has 3 aliphatic rings. The molecule has 0 spiro atoms. The predicted octanol–water partition coefficient (Wildman–Crippen LogP) is 3.27. The molecule has 1 atom stereocenters. The largest absolute Gasteiger partial charge is 0.370 e. The minimum Gasteiger partial charge on any atom is -0.370 e. The molecule has 2 aromatic rings. The fourth-order valence-electron chi connectivity index (χ4n) is 4.38. The van der Waals surface area contributed by atoms with Gasteiger partial charge in [0, 0.05) is 30.9 Å². The predicted molar refractivity (Wildman–Crippen MR) is 132 cm³/mol. The van der Waals surface area contributed by atoms with E-state index in [0.717, 1.165) is 25.7 Å². The van der Waals surface area contributed by atoms with Gasteiger partial charge in [-0.1, -0.05) is 11.6 Å². The second-order valence-electron chi connectivity index (χ2n) is 8.99. The molecule has 186 valence electrons. The maximum atomic E-state index is 15.0. The van der Waals surface area contributed by atoms with Gasteiger partial charge in [0.1, 0.15) is 18.5 Å². The molecule has 3 amide bonds. The van der Waals surface area contributed by atoms with Crippen LogP contribution in [0.5, 0.6) is 0 Å². The van der Waals surface area contributed by atoms with Crippen LogP contribution in [0.25, 0.3) is 0 Å². The van der Waals surface area contributed by atoms with Crippen molar-refractivity contribution >= 4 is 52.0 Å². The average molecular weight is 521 g/mol. The zero-order chi connectivity index (χ0) is 24.5. The standard InChI is InChI=1S/C24H26ClFN4O4S/c25-21-8-7-20(35-21)24(33)27-12-19(30(14-1-2-14)15-3-4-15)23(32)28-18-6-5-16(11-17(18)26)29-9-10-34-13-22(29)31/h5-8,11,14-15,19H,1-4,9-10,12-13H2,(H,27,33)(H,28,32)/t19-/m1/s1. The molecule has 0 unspecified atom stereocenters. The van der Waals surface area contributed by atoms with Gasteiger partial charge in [-0.15, -0.1) is 11.3 Å². The normalized spacial score (nSPS) is 19.1. The highest BCUT2D eigenvalue weighted by atomic mass is 35.5. The lowest BCUT2D eigenvalue weighted by atomic mass is 10.1. The molecule has 0 radical (unpaired) electrons. The van der Waals surface area contributed by atoms with Crippen molar-refractivity contribution < 1.29 is 23.5 Å². The molecule has 5 rings (SSSR count). The van der Waals surface area contributed by atoms with Crippen molar-refractivity contribution in [1.82, 2.24) is 10.2 Å². The van der Waals surface area contributed by atoms with E-state index in [1.54, 1.807) is 18.2 Å². The molecule has 2 N–H and O–H groups in total. The van der Waals surface area contributed by atoms with E-state index in [1.807, 2.05) is 0 Å². The highest BCUT2D eigenvalue weighted by molar-refractivity contribution is 7.18. The Hall–Kier alpha value is -2.53. The van der Waals surface area contributed by atoms with E-state index >= 15 is 0 Å². The van der Waals surface area contributed by atoms with Crippen LogP contribution in [-0.2, 0) is 14.3 Å². The van der Waals surface area contributed by atoms with Crippen LogP contribution < -0.4 is 15.5 Å². The lowest BCUT2D eigenvalue weighted by Gasteiger charge is -2.31. The van der Waals surface area contributed by atoms with Gasteiger partial charge in [0.05, 0.1) is 21.5 Å². The summed E-state index contributed by atoms with van der Waals surface area (Å²) in [6.45, 7) is 0.798. The zero-order valence-corrected chi connectivity index (χ0v) is 20.5. The third-order valence-corrected chi connectivity index (χ3v) is 7.59. The zero-order valence-electron chi connectivity index (χ0n) is 19.0. The van der Waals surface area contributed by atoms with Gasteiger partial charge in [-0.3, -0.25) is 19.3 Å². The molecular formula is C24H26ClFN4O4S. The van der Waals surface area contributed by atoms with Crippen molar-refractivity contribution in [3.8, 4) is 0 Å². The molecule has 8 nitrogen and oxygen atoms in total. The third kappa shape index (κ3) is 5.66. The van der Waals surface area contributed by atoms with Gasteiger partial charge < -0.3 is 20.3 Å². The topological polar surface area (TPSA) is 91.0 Å². The average Bonchev–Trinajstić information content (AvgIpc) is 3.78. The summed E-state index contributed by atoms with van der Waals surface area (Å²) in [5.41, 5.74) is 0.456. The Kier molecular flexibility index (Phi) is 7.06. The smallest absolute Gasteiger partial charge is 0.261 e. The Morgan fingerprint density at radius 2 is 1.94 bits per heavy atom. The maximum Gasteiger partial charge on any atom is 0.261 e. The third-order valence-electron chi connectivity index (χ3n) is 6.36. The van der Waals surface area contributed by atoms with E-state index in [-0.39, 0.29) is 36.6 Å². The quantitative estimate of drug-likeness (QED) is 0.529. The fourth-order valence-corrected chi connectivity index (χ4v) is 5.34. The first kappa shape index (κ1) is 24.2. The number of amides is 3. The molecule has 2 aliphatic carbocycles. The second kappa shape index (κ2) is 10.2.